The van der Waals surface area contributed by atoms with Gasteiger partial charge in [0.15, 0.2) is 0 Å². The highest BCUT2D eigenvalue weighted by molar-refractivity contribution is 7.86. The molecule has 1 aliphatic rings. The van der Waals surface area contributed by atoms with E-state index >= 15 is 0 Å². The molecule has 2 rings (SSSR count). The molecular formula is C9H10O4S. The first-order chi connectivity index (χ1) is 6.48. The van der Waals surface area contributed by atoms with E-state index in [9.17, 15) is 13.5 Å². The zero-order valence-corrected chi connectivity index (χ0v) is 8.21. The minimum absolute atomic E-state index is 0.367. The van der Waals surface area contributed by atoms with Gasteiger partial charge in [0.25, 0.3) is 10.1 Å². The molecule has 0 bridgehead atoms. The van der Waals surface area contributed by atoms with E-state index in [0.29, 0.717) is 0 Å². The molecule has 0 radical (unpaired) electrons. The molecule has 0 saturated heterocycles. The summed E-state index contributed by atoms with van der Waals surface area (Å²) in [7, 11) is -4.31. The average Bonchev–Trinajstić information content (AvgIpc) is 2.47. The average molecular weight is 214 g/mol. The van der Waals surface area contributed by atoms with E-state index in [2.05, 4.69) is 0 Å². The van der Waals surface area contributed by atoms with E-state index in [1.54, 1.807) is 0 Å². The summed E-state index contributed by atoms with van der Waals surface area (Å²) in [6.45, 7) is 0. The summed E-state index contributed by atoms with van der Waals surface area (Å²) in [6.07, 6.45) is 2.62. The fraction of sp³-hybridized carbons (Fsp3) is 0.333. The standard InChI is InChI=1S/C9H10O4S/c10-8-4-6-2-1-3-7(6)5-9(8)14(11,12)13/h4-5,10H,1-3H2,(H,11,12,13). The molecule has 2 N–H and O–H groups in total. The Kier molecular flexibility index (Phi) is 2.01. The number of hydrogen-bond donors (Lipinski definition) is 2. The van der Waals surface area contributed by atoms with Gasteiger partial charge in [0.2, 0.25) is 0 Å². The molecule has 0 amide bonds. The molecule has 5 heteroatoms. The van der Waals surface area contributed by atoms with Crippen molar-refractivity contribution < 1.29 is 18.1 Å². The molecular weight excluding hydrogens is 204 g/mol. The van der Waals surface area contributed by atoms with Crippen LogP contribution in [0.1, 0.15) is 17.5 Å². The highest BCUT2D eigenvalue weighted by Gasteiger charge is 2.20. The predicted octanol–water partition coefficient (Wildman–Crippen LogP) is 1.13. The molecule has 76 valence electrons. The van der Waals surface area contributed by atoms with E-state index in [4.69, 9.17) is 4.55 Å². The second kappa shape index (κ2) is 2.96. The van der Waals surface area contributed by atoms with Crippen LogP contribution < -0.4 is 0 Å². The third kappa shape index (κ3) is 1.49. The molecule has 4 nitrogen and oxygen atoms in total. The SMILES string of the molecule is O=S(=O)(O)c1cc2c(cc1O)CCC2. The highest BCUT2D eigenvalue weighted by atomic mass is 32.2. The molecule has 0 spiro atoms. The number of aryl methyl sites for hydroxylation is 2. The van der Waals surface area contributed by atoms with Crippen LogP contribution in [0.15, 0.2) is 17.0 Å². The highest BCUT2D eigenvalue weighted by Crippen LogP contribution is 2.31. The van der Waals surface area contributed by atoms with Gasteiger partial charge in [-0.1, -0.05) is 0 Å². The molecule has 1 aromatic carbocycles. The summed E-state index contributed by atoms with van der Waals surface area (Å²) in [5, 5.41) is 9.37. The fourth-order valence-corrected chi connectivity index (χ4v) is 2.41. The number of aromatic hydroxyl groups is 1. The molecule has 0 unspecified atom stereocenters. The van der Waals surface area contributed by atoms with Crippen molar-refractivity contribution in [1.82, 2.24) is 0 Å². The van der Waals surface area contributed by atoms with Gasteiger partial charge in [0, 0.05) is 0 Å². The lowest BCUT2D eigenvalue weighted by atomic mass is 10.1. The van der Waals surface area contributed by atoms with E-state index < -0.39 is 15.0 Å². The van der Waals surface area contributed by atoms with Crippen LogP contribution in [0.25, 0.3) is 0 Å². The van der Waals surface area contributed by atoms with Crippen LogP contribution in [0.5, 0.6) is 5.75 Å². The van der Waals surface area contributed by atoms with Crippen molar-refractivity contribution in [3.63, 3.8) is 0 Å². The number of phenolic OH excluding ortho intramolecular Hbond substituents is 1. The van der Waals surface area contributed by atoms with Crippen LogP contribution in [-0.2, 0) is 23.0 Å². The van der Waals surface area contributed by atoms with Gasteiger partial charge in [-0.15, -0.1) is 0 Å². The van der Waals surface area contributed by atoms with Gasteiger partial charge in [-0.25, -0.2) is 0 Å². The van der Waals surface area contributed by atoms with Crippen LogP contribution in [0.3, 0.4) is 0 Å². The van der Waals surface area contributed by atoms with Crippen molar-refractivity contribution in [3.8, 4) is 5.75 Å². The quantitative estimate of drug-likeness (QED) is 0.687. The zero-order chi connectivity index (χ0) is 10.3. The van der Waals surface area contributed by atoms with Gasteiger partial charge in [-0.2, -0.15) is 8.42 Å². The molecule has 0 saturated carbocycles. The van der Waals surface area contributed by atoms with Crippen molar-refractivity contribution >= 4 is 10.1 Å². The number of hydrogen-bond acceptors (Lipinski definition) is 3. The Morgan fingerprint density at radius 1 is 1.14 bits per heavy atom. The number of benzene rings is 1. The Morgan fingerprint density at radius 2 is 1.71 bits per heavy atom. The maximum absolute atomic E-state index is 10.8. The van der Waals surface area contributed by atoms with E-state index in [1.165, 1.54) is 12.1 Å². The first-order valence-electron chi connectivity index (χ1n) is 4.31. The molecule has 1 aliphatic carbocycles. The van der Waals surface area contributed by atoms with E-state index in [-0.39, 0.29) is 5.75 Å². The van der Waals surface area contributed by atoms with Crippen molar-refractivity contribution in [2.75, 3.05) is 0 Å². The molecule has 0 fully saturated rings. The topological polar surface area (TPSA) is 74.6 Å². The molecule has 1 aromatic rings. The summed E-state index contributed by atoms with van der Waals surface area (Å²) in [4.78, 5) is -0.391. The molecule has 0 aromatic heterocycles. The van der Waals surface area contributed by atoms with Crippen molar-refractivity contribution in [3.05, 3.63) is 23.3 Å². The Labute approximate surface area is 81.9 Å². The molecule has 0 heterocycles. The van der Waals surface area contributed by atoms with Crippen LogP contribution in [0.4, 0.5) is 0 Å². The lowest BCUT2D eigenvalue weighted by molar-refractivity contribution is 0.442. The largest absolute Gasteiger partial charge is 0.506 e. The Hall–Kier alpha value is -1.07. The third-order valence-corrected chi connectivity index (χ3v) is 3.33. The monoisotopic (exact) mass is 214 g/mol. The lowest BCUT2D eigenvalue weighted by Gasteiger charge is -2.04. The second-order valence-electron chi connectivity index (χ2n) is 3.42. The van der Waals surface area contributed by atoms with Gasteiger partial charge >= 0.3 is 0 Å². The van der Waals surface area contributed by atoms with Gasteiger partial charge < -0.3 is 5.11 Å². The third-order valence-electron chi connectivity index (χ3n) is 2.45. The smallest absolute Gasteiger partial charge is 0.298 e. The predicted molar refractivity (Wildman–Crippen MR) is 49.9 cm³/mol. The number of fused-ring (bicyclic) bond motifs is 1. The summed E-state index contributed by atoms with van der Waals surface area (Å²) in [5.74, 6) is -0.367. The van der Waals surface area contributed by atoms with Gasteiger partial charge in [-0.05, 0) is 42.5 Å². The molecule has 0 aliphatic heterocycles. The first kappa shape index (κ1) is 9.48. The van der Waals surface area contributed by atoms with Crippen LogP contribution in [0.2, 0.25) is 0 Å². The first-order valence-corrected chi connectivity index (χ1v) is 5.75. The molecule has 0 atom stereocenters. The number of rotatable bonds is 1. The summed E-state index contributed by atoms with van der Waals surface area (Å²) in [5.41, 5.74) is 1.87. The fourth-order valence-electron chi connectivity index (χ4n) is 1.80. The Balaban J connectivity index is 2.65. The van der Waals surface area contributed by atoms with Gasteiger partial charge in [0.1, 0.15) is 10.6 Å². The summed E-state index contributed by atoms with van der Waals surface area (Å²) >= 11 is 0. The van der Waals surface area contributed by atoms with Crippen LogP contribution >= 0.6 is 0 Å². The maximum atomic E-state index is 10.8. The van der Waals surface area contributed by atoms with Crippen LogP contribution in [0, 0.1) is 0 Å². The summed E-state index contributed by atoms with van der Waals surface area (Å²) < 4.78 is 30.5. The minimum Gasteiger partial charge on any atom is -0.506 e. The van der Waals surface area contributed by atoms with Crippen molar-refractivity contribution in [2.45, 2.75) is 24.2 Å². The van der Waals surface area contributed by atoms with Gasteiger partial charge in [0.05, 0.1) is 0 Å². The zero-order valence-electron chi connectivity index (χ0n) is 7.40. The van der Waals surface area contributed by atoms with Crippen molar-refractivity contribution in [2.24, 2.45) is 0 Å². The molecule has 14 heavy (non-hydrogen) atoms. The maximum Gasteiger partial charge on any atom is 0.298 e. The number of phenols is 1. The van der Waals surface area contributed by atoms with E-state index in [1.807, 2.05) is 0 Å². The summed E-state index contributed by atoms with van der Waals surface area (Å²) in [6, 6.07) is 2.78. The van der Waals surface area contributed by atoms with E-state index in [0.717, 1.165) is 30.4 Å². The lowest BCUT2D eigenvalue weighted by Crippen LogP contribution is -2.00. The Bertz CT molecular complexity index is 476. The minimum atomic E-state index is -4.31. The normalized spacial score (nSPS) is 15.5. The second-order valence-corrected chi connectivity index (χ2v) is 4.81. The van der Waals surface area contributed by atoms with Crippen LogP contribution in [-0.4, -0.2) is 18.1 Å². The van der Waals surface area contributed by atoms with Crippen molar-refractivity contribution in [1.29, 1.82) is 0 Å². The van der Waals surface area contributed by atoms with Gasteiger partial charge in [-0.3, -0.25) is 4.55 Å². The Morgan fingerprint density at radius 3 is 2.29 bits per heavy atom.